The lowest BCUT2D eigenvalue weighted by atomic mass is 9.85. The Kier molecular flexibility index (Phi) is 4.92. The van der Waals surface area contributed by atoms with Crippen LogP contribution in [0, 0.1) is 0 Å². The fraction of sp³-hybridized carbons (Fsp3) is 0.923. The van der Waals surface area contributed by atoms with Crippen LogP contribution in [0.5, 0.6) is 0 Å². The molecule has 2 rings (SSSR count). The molecule has 0 radical (unpaired) electrons. The van der Waals surface area contributed by atoms with Gasteiger partial charge in [-0.05, 0) is 43.7 Å². The van der Waals surface area contributed by atoms with Crippen molar-refractivity contribution in [3.05, 3.63) is 0 Å². The molecular weight excluding hydrogens is 250 g/mol. The van der Waals surface area contributed by atoms with Crippen molar-refractivity contribution < 1.29 is 14.6 Å². The number of likely N-dealkylation sites (N-methyl/N-ethyl adjacent to an activating group) is 1. The van der Waals surface area contributed by atoms with Crippen molar-refractivity contribution in [3.8, 4) is 0 Å². The third kappa shape index (κ3) is 3.39. The number of nitrogens with zero attached hydrogens (tertiary/aromatic N) is 1. The van der Waals surface area contributed by atoms with Crippen LogP contribution in [-0.2, 0) is 9.53 Å². The van der Waals surface area contributed by atoms with Gasteiger partial charge in [0, 0.05) is 12.6 Å². The molecule has 0 aromatic rings. The average Bonchev–Trinajstić information content (AvgIpc) is 2.36. The number of thioether (sulfide) groups is 1. The highest BCUT2D eigenvalue weighted by molar-refractivity contribution is 7.99. The maximum absolute atomic E-state index is 10.9. The highest BCUT2D eigenvalue weighted by Gasteiger charge is 2.40. The Morgan fingerprint density at radius 2 is 2.22 bits per heavy atom. The molecule has 0 aliphatic carbocycles. The van der Waals surface area contributed by atoms with Crippen molar-refractivity contribution in [2.45, 2.75) is 44.2 Å². The first-order valence-electron chi connectivity index (χ1n) is 6.83. The standard InChI is InChI=1S/C13H23NO3S/c1-2-14(10-12(15)16)11-3-6-17-13(9-11)4-7-18-8-5-13/h11H,2-10H2,1H3,(H,15,16). The molecule has 2 fully saturated rings. The molecule has 0 aromatic carbocycles. The van der Waals surface area contributed by atoms with Crippen LogP contribution < -0.4 is 0 Å². The van der Waals surface area contributed by atoms with Gasteiger partial charge >= 0.3 is 5.97 Å². The minimum atomic E-state index is -0.725. The quantitative estimate of drug-likeness (QED) is 0.847. The molecule has 1 unspecified atom stereocenters. The zero-order chi connectivity index (χ0) is 13.0. The van der Waals surface area contributed by atoms with Crippen LogP contribution in [0.3, 0.4) is 0 Å². The van der Waals surface area contributed by atoms with Gasteiger partial charge in [0.25, 0.3) is 0 Å². The third-order valence-corrected chi connectivity index (χ3v) is 5.12. The first-order valence-corrected chi connectivity index (χ1v) is 7.98. The van der Waals surface area contributed by atoms with Gasteiger partial charge in [-0.25, -0.2) is 0 Å². The number of aliphatic carboxylic acids is 1. The fourth-order valence-electron chi connectivity index (χ4n) is 3.08. The van der Waals surface area contributed by atoms with Crippen LogP contribution in [0.1, 0.15) is 32.6 Å². The molecule has 2 heterocycles. The number of carboxylic acid groups (broad SMARTS) is 1. The number of rotatable bonds is 4. The molecule has 2 aliphatic heterocycles. The summed E-state index contributed by atoms with van der Waals surface area (Å²) in [5, 5.41) is 8.97. The van der Waals surface area contributed by atoms with Crippen LogP contribution in [0.4, 0.5) is 0 Å². The lowest BCUT2D eigenvalue weighted by Gasteiger charge is -2.46. The molecule has 18 heavy (non-hydrogen) atoms. The molecule has 0 amide bonds. The Hall–Kier alpha value is -0.260. The highest BCUT2D eigenvalue weighted by atomic mass is 32.2. The van der Waals surface area contributed by atoms with Crippen molar-refractivity contribution in [1.29, 1.82) is 0 Å². The zero-order valence-electron chi connectivity index (χ0n) is 11.1. The largest absolute Gasteiger partial charge is 0.480 e. The topological polar surface area (TPSA) is 49.8 Å². The highest BCUT2D eigenvalue weighted by Crippen LogP contribution is 2.38. The molecule has 1 N–H and O–H groups in total. The van der Waals surface area contributed by atoms with Gasteiger partial charge in [-0.1, -0.05) is 6.92 Å². The lowest BCUT2D eigenvalue weighted by Crippen LogP contribution is -2.51. The van der Waals surface area contributed by atoms with Gasteiger partial charge in [-0.15, -0.1) is 0 Å². The van der Waals surface area contributed by atoms with Crippen LogP contribution in [0.25, 0.3) is 0 Å². The first kappa shape index (κ1) is 14.2. The molecular formula is C13H23NO3S. The summed E-state index contributed by atoms with van der Waals surface area (Å²) in [7, 11) is 0. The molecule has 5 heteroatoms. The Morgan fingerprint density at radius 3 is 2.83 bits per heavy atom. The second-order valence-corrected chi connectivity index (χ2v) is 6.47. The van der Waals surface area contributed by atoms with E-state index < -0.39 is 5.97 Å². The molecule has 104 valence electrons. The number of carboxylic acids is 1. The average molecular weight is 273 g/mol. The van der Waals surface area contributed by atoms with E-state index in [0.717, 1.165) is 38.8 Å². The Morgan fingerprint density at radius 1 is 1.50 bits per heavy atom. The first-order chi connectivity index (χ1) is 8.65. The number of hydrogen-bond acceptors (Lipinski definition) is 4. The maximum Gasteiger partial charge on any atom is 0.317 e. The van der Waals surface area contributed by atoms with E-state index in [2.05, 4.69) is 4.90 Å². The summed E-state index contributed by atoms with van der Waals surface area (Å²) in [4.78, 5) is 13.0. The maximum atomic E-state index is 10.9. The van der Waals surface area contributed by atoms with Crippen LogP contribution >= 0.6 is 11.8 Å². The van der Waals surface area contributed by atoms with Crippen molar-refractivity contribution in [1.82, 2.24) is 4.90 Å². The van der Waals surface area contributed by atoms with Gasteiger partial charge in [0.2, 0.25) is 0 Å². The zero-order valence-corrected chi connectivity index (χ0v) is 11.9. The van der Waals surface area contributed by atoms with E-state index in [9.17, 15) is 4.79 Å². The number of hydrogen-bond donors (Lipinski definition) is 1. The molecule has 2 saturated heterocycles. The van der Waals surface area contributed by atoms with Gasteiger partial charge in [-0.3, -0.25) is 9.69 Å². The third-order valence-electron chi connectivity index (χ3n) is 4.13. The molecule has 2 aliphatic rings. The van der Waals surface area contributed by atoms with E-state index in [0.29, 0.717) is 6.04 Å². The predicted molar refractivity (Wildman–Crippen MR) is 73.1 cm³/mol. The molecule has 0 bridgehead atoms. The number of carbonyl (C=O) groups is 1. The van der Waals surface area contributed by atoms with E-state index in [4.69, 9.17) is 9.84 Å². The summed E-state index contributed by atoms with van der Waals surface area (Å²) in [6.45, 7) is 3.79. The molecule has 1 atom stereocenters. The van der Waals surface area contributed by atoms with Crippen LogP contribution in [0.15, 0.2) is 0 Å². The Balaban J connectivity index is 1.98. The summed E-state index contributed by atoms with van der Waals surface area (Å²) in [6.07, 6.45) is 4.22. The summed E-state index contributed by atoms with van der Waals surface area (Å²) in [5.74, 6) is 1.63. The van der Waals surface area contributed by atoms with Gasteiger partial charge in [0.1, 0.15) is 0 Å². The molecule has 1 spiro atoms. The van der Waals surface area contributed by atoms with Crippen molar-refractivity contribution >= 4 is 17.7 Å². The van der Waals surface area contributed by atoms with E-state index in [-0.39, 0.29) is 12.1 Å². The number of ether oxygens (including phenoxy) is 1. The van der Waals surface area contributed by atoms with Crippen LogP contribution in [0.2, 0.25) is 0 Å². The van der Waals surface area contributed by atoms with Crippen molar-refractivity contribution in [2.24, 2.45) is 0 Å². The van der Waals surface area contributed by atoms with Gasteiger partial charge in [0.15, 0.2) is 0 Å². The predicted octanol–water partition coefficient (Wildman–Crippen LogP) is 1.84. The molecule has 4 nitrogen and oxygen atoms in total. The minimum absolute atomic E-state index is 0.0418. The van der Waals surface area contributed by atoms with E-state index in [1.54, 1.807) is 0 Å². The SMILES string of the molecule is CCN(CC(=O)O)C1CCOC2(CCSCC2)C1. The molecule has 0 aromatic heterocycles. The second-order valence-electron chi connectivity index (χ2n) is 5.25. The normalized spacial score (nSPS) is 27.6. The fourth-order valence-corrected chi connectivity index (χ4v) is 4.32. The summed E-state index contributed by atoms with van der Waals surface area (Å²) < 4.78 is 6.05. The minimum Gasteiger partial charge on any atom is -0.480 e. The van der Waals surface area contributed by atoms with Crippen molar-refractivity contribution in [2.75, 3.05) is 31.2 Å². The van der Waals surface area contributed by atoms with E-state index in [1.165, 1.54) is 11.5 Å². The lowest BCUT2D eigenvalue weighted by molar-refractivity contribution is -0.142. The summed E-state index contributed by atoms with van der Waals surface area (Å²) >= 11 is 2.00. The summed E-state index contributed by atoms with van der Waals surface area (Å²) in [5.41, 5.74) is 0.0418. The van der Waals surface area contributed by atoms with Gasteiger partial charge < -0.3 is 9.84 Å². The summed E-state index contributed by atoms with van der Waals surface area (Å²) in [6, 6.07) is 0.378. The van der Waals surface area contributed by atoms with E-state index in [1.807, 2.05) is 18.7 Å². The molecule has 0 saturated carbocycles. The smallest absolute Gasteiger partial charge is 0.317 e. The Labute approximate surface area is 113 Å². The van der Waals surface area contributed by atoms with Gasteiger partial charge in [-0.2, -0.15) is 11.8 Å². The van der Waals surface area contributed by atoms with Crippen LogP contribution in [-0.4, -0.2) is 58.8 Å². The van der Waals surface area contributed by atoms with E-state index >= 15 is 0 Å². The monoisotopic (exact) mass is 273 g/mol. The van der Waals surface area contributed by atoms with Gasteiger partial charge in [0.05, 0.1) is 12.1 Å². The second kappa shape index (κ2) is 6.26. The Bertz CT molecular complexity index is 286. The van der Waals surface area contributed by atoms with Crippen molar-refractivity contribution in [3.63, 3.8) is 0 Å².